The predicted molar refractivity (Wildman–Crippen MR) is 108 cm³/mol. The van der Waals surface area contributed by atoms with Gasteiger partial charge < -0.3 is 31.6 Å². The number of hydrogen-bond donors (Lipinski definition) is 4. The second-order valence-electron chi connectivity index (χ2n) is 8.97. The molecule has 0 heterocycles. The van der Waals surface area contributed by atoms with E-state index in [9.17, 15) is 9.59 Å². The minimum Gasteiger partial charge on any atom is -0.444 e. The Labute approximate surface area is 164 Å². The normalized spacial score (nSPS) is 12.4. The van der Waals surface area contributed by atoms with Gasteiger partial charge in [-0.25, -0.2) is 9.59 Å². The number of carbonyl (C=O) groups excluding carboxylic acids is 2. The zero-order chi connectivity index (χ0) is 21.1. The number of alkyl carbamates (subject to hydrolysis) is 2. The first-order chi connectivity index (χ1) is 12.3. The summed E-state index contributed by atoms with van der Waals surface area (Å²) in [6, 6.07) is 0. The molecule has 0 bridgehead atoms. The molecule has 0 aliphatic heterocycles. The number of ether oxygens (including phenoxy) is 2. The molecule has 0 fully saturated rings. The lowest BCUT2D eigenvalue weighted by atomic mass is 9.86. The average Bonchev–Trinajstić information content (AvgIpc) is 2.45. The molecule has 8 heteroatoms. The van der Waals surface area contributed by atoms with Crippen LogP contribution in [-0.4, -0.2) is 48.6 Å². The van der Waals surface area contributed by atoms with E-state index in [4.69, 9.17) is 20.9 Å². The third kappa shape index (κ3) is 15.2. The van der Waals surface area contributed by atoms with E-state index in [1.165, 1.54) is 0 Å². The van der Waals surface area contributed by atoms with Crippen molar-refractivity contribution in [1.82, 2.24) is 10.6 Å². The Morgan fingerprint density at radius 1 is 0.778 bits per heavy atom. The molecule has 27 heavy (non-hydrogen) atoms. The Morgan fingerprint density at radius 2 is 1.15 bits per heavy atom. The smallest absolute Gasteiger partial charge is 0.407 e. The number of nitrogens with two attached hydrogens (primary N) is 2. The lowest BCUT2D eigenvalue weighted by Gasteiger charge is -2.29. The molecule has 2 amide bonds. The van der Waals surface area contributed by atoms with Crippen LogP contribution in [-0.2, 0) is 9.47 Å². The molecule has 160 valence electrons. The molecule has 0 rings (SSSR count). The first-order valence-corrected chi connectivity index (χ1v) is 9.69. The van der Waals surface area contributed by atoms with Gasteiger partial charge in [0.2, 0.25) is 0 Å². The van der Waals surface area contributed by atoms with Crippen molar-refractivity contribution in [3.05, 3.63) is 0 Å². The zero-order valence-corrected chi connectivity index (χ0v) is 17.9. The maximum atomic E-state index is 11.6. The van der Waals surface area contributed by atoms with Crippen LogP contribution >= 0.6 is 0 Å². The molecule has 0 saturated carbocycles. The summed E-state index contributed by atoms with van der Waals surface area (Å²) in [6.07, 6.45) is 2.76. The molecular formula is C19H40N4O4. The molecule has 0 aromatic carbocycles. The van der Waals surface area contributed by atoms with Gasteiger partial charge in [-0.2, -0.15) is 0 Å². The number of hydrogen-bond acceptors (Lipinski definition) is 6. The maximum Gasteiger partial charge on any atom is 0.407 e. The van der Waals surface area contributed by atoms with Crippen LogP contribution in [0.1, 0.15) is 73.6 Å². The molecule has 0 aromatic heterocycles. The lowest BCUT2D eigenvalue weighted by Crippen LogP contribution is -2.43. The predicted octanol–water partition coefficient (Wildman–Crippen LogP) is 2.64. The van der Waals surface area contributed by atoms with Crippen molar-refractivity contribution < 1.29 is 19.1 Å². The van der Waals surface area contributed by atoms with Crippen molar-refractivity contribution in [3.63, 3.8) is 0 Å². The van der Waals surface area contributed by atoms with Crippen LogP contribution in [0.25, 0.3) is 0 Å². The Kier molecular flexibility index (Phi) is 10.7. The van der Waals surface area contributed by atoms with Crippen LogP contribution in [0.4, 0.5) is 9.59 Å². The van der Waals surface area contributed by atoms with Crippen LogP contribution in [0, 0.1) is 0 Å². The van der Waals surface area contributed by atoms with E-state index < -0.39 is 28.9 Å². The second kappa shape index (κ2) is 11.3. The van der Waals surface area contributed by atoms with E-state index >= 15 is 0 Å². The van der Waals surface area contributed by atoms with Crippen molar-refractivity contribution >= 4 is 12.2 Å². The number of carbonyl (C=O) groups is 2. The third-order valence-corrected chi connectivity index (χ3v) is 3.68. The third-order valence-electron chi connectivity index (χ3n) is 3.68. The number of rotatable bonds is 10. The van der Waals surface area contributed by atoms with Gasteiger partial charge in [0.05, 0.1) is 0 Å². The van der Waals surface area contributed by atoms with Gasteiger partial charge in [-0.3, -0.25) is 0 Å². The Balaban J connectivity index is 4.16. The summed E-state index contributed by atoms with van der Waals surface area (Å²) in [5, 5.41) is 5.47. The maximum absolute atomic E-state index is 11.6. The molecule has 0 atom stereocenters. The minimum absolute atomic E-state index is 0.417. The van der Waals surface area contributed by atoms with Gasteiger partial charge in [-0.1, -0.05) is 0 Å². The van der Waals surface area contributed by atoms with E-state index in [1.54, 1.807) is 0 Å². The van der Waals surface area contributed by atoms with E-state index in [-0.39, 0.29) is 0 Å². The van der Waals surface area contributed by atoms with Gasteiger partial charge in [0, 0.05) is 18.6 Å². The van der Waals surface area contributed by atoms with Crippen molar-refractivity contribution in [2.24, 2.45) is 11.5 Å². The van der Waals surface area contributed by atoms with E-state index in [0.29, 0.717) is 26.1 Å². The van der Waals surface area contributed by atoms with Crippen LogP contribution in [0.15, 0.2) is 0 Å². The summed E-state index contributed by atoms with van der Waals surface area (Å²) >= 11 is 0. The fourth-order valence-electron chi connectivity index (χ4n) is 2.55. The Bertz CT molecular complexity index is 420. The molecule has 0 aliphatic carbocycles. The van der Waals surface area contributed by atoms with E-state index in [1.807, 2.05) is 41.5 Å². The zero-order valence-electron chi connectivity index (χ0n) is 17.9. The van der Waals surface area contributed by atoms with Crippen molar-refractivity contribution in [2.75, 3.05) is 19.6 Å². The second-order valence-corrected chi connectivity index (χ2v) is 8.97. The van der Waals surface area contributed by atoms with Gasteiger partial charge >= 0.3 is 12.2 Å². The molecule has 0 spiro atoms. The van der Waals surface area contributed by atoms with Crippen LogP contribution in [0.3, 0.4) is 0 Å². The molecule has 0 aromatic rings. The van der Waals surface area contributed by atoms with Crippen LogP contribution in [0.2, 0.25) is 0 Å². The highest BCUT2D eigenvalue weighted by atomic mass is 16.6. The average molecular weight is 389 g/mol. The van der Waals surface area contributed by atoms with Gasteiger partial charge in [-0.05, 0) is 80.2 Å². The van der Waals surface area contributed by atoms with Crippen LogP contribution in [0.5, 0.6) is 0 Å². The molecule has 8 nitrogen and oxygen atoms in total. The number of nitrogens with one attached hydrogen (secondary N) is 2. The first-order valence-electron chi connectivity index (χ1n) is 9.69. The van der Waals surface area contributed by atoms with Crippen molar-refractivity contribution in [1.29, 1.82) is 0 Å². The summed E-state index contributed by atoms with van der Waals surface area (Å²) in [5.41, 5.74) is 10.7. The SMILES string of the molecule is CC(C)(C)OC(=O)NCCCC(N)(CCN)CCCNC(=O)OC(C)(C)C. The van der Waals surface area contributed by atoms with Gasteiger partial charge in [0.15, 0.2) is 0 Å². The monoisotopic (exact) mass is 388 g/mol. The summed E-state index contributed by atoms with van der Waals surface area (Å²) < 4.78 is 10.4. The highest BCUT2D eigenvalue weighted by molar-refractivity contribution is 5.67. The minimum atomic E-state index is -0.512. The Hall–Kier alpha value is -1.54. The largest absolute Gasteiger partial charge is 0.444 e. The van der Waals surface area contributed by atoms with Crippen molar-refractivity contribution in [3.8, 4) is 0 Å². The first kappa shape index (κ1) is 25.5. The summed E-state index contributed by atoms with van der Waals surface area (Å²) in [4.78, 5) is 23.3. The number of amides is 2. The molecular weight excluding hydrogens is 348 g/mol. The highest BCUT2D eigenvalue weighted by Crippen LogP contribution is 2.20. The standard InChI is InChI=1S/C19H40N4O4/c1-17(2,3)26-15(24)22-13-7-9-19(21,11-12-20)10-8-14-23-16(25)27-18(4,5)6/h7-14,20-21H2,1-6H3,(H,22,24)(H,23,25). The topological polar surface area (TPSA) is 129 Å². The summed E-state index contributed by atoms with van der Waals surface area (Å²) in [5.74, 6) is 0. The van der Waals surface area contributed by atoms with Crippen molar-refractivity contribution in [2.45, 2.75) is 90.4 Å². The highest BCUT2D eigenvalue weighted by Gasteiger charge is 2.24. The van der Waals surface area contributed by atoms with E-state index in [2.05, 4.69) is 10.6 Å². The summed E-state index contributed by atoms with van der Waals surface area (Å²) in [6.45, 7) is 12.4. The van der Waals surface area contributed by atoms with Gasteiger partial charge in [0.1, 0.15) is 11.2 Å². The Morgan fingerprint density at radius 3 is 1.44 bits per heavy atom. The fraction of sp³-hybridized carbons (Fsp3) is 0.895. The fourth-order valence-corrected chi connectivity index (χ4v) is 2.55. The van der Waals surface area contributed by atoms with Crippen LogP contribution < -0.4 is 22.1 Å². The molecule has 0 radical (unpaired) electrons. The van der Waals surface area contributed by atoms with Gasteiger partial charge in [-0.15, -0.1) is 0 Å². The van der Waals surface area contributed by atoms with E-state index in [0.717, 1.165) is 25.7 Å². The lowest BCUT2D eigenvalue weighted by molar-refractivity contribution is 0.0516. The molecule has 0 aliphatic rings. The molecule has 0 unspecified atom stereocenters. The quantitative estimate of drug-likeness (QED) is 0.426. The molecule has 6 N–H and O–H groups in total. The molecule has 0 saturated heterocycles. The van der Waals surface area contributed by atoms with Gasteiger partial charge in [0.25, 0.3) is 0 Å². The summed E-state index contributed by atoms with van der Waals surface area (Å²) in [7, 11) is 0.